The van der Waals surface area contributed by atoms with Crippen molar-refractivity contribution in [3.05, 3.63) is 0 Å². The van der Waals surface area contributed by atoms with Crippen molar-refractivity contribution in [2.24, 2.45) is 5.73 Å². The maximum atomic E-state index is 10.9. The van der Waals surface area contributed by atoms with Gasteiger partial charge < -0.3 is 16.2 Å². The van der Waals surface area contributed by atoms with Gasteiger partial charge in [0.05, 0.1) is 6.10 Å². The van der Waals surface area contributed by atoms with Crippen LogP contribution < -0.4 is 11.1 Å². The van der Waals surface area contributed by atoms with E-state index in [1.807, 2.05) is 0 Å². The quantitative estimate of drug-likeness (QED) is 0.459. The minimum absolute atomic E-state index is 0.359. The Morgan fingerprint density at radius 1 is 1.80 bits per heavy atom. The molecule has 0 unspecified atom stereocenters. The van der Waals surface area contributed by atoms with Gasteiger partial charge in [0.2, 0.25) is 5.91 Å². The Labute approximate surface area is 60.4 Å². The van der Waals surface area contributed by atoms with Gasteiger partial charge in [0.15, 0.2) is 0 Å². The van der Waals surface area contributed by atoms with Crippen LogP contribution in [0, 0.1) is 0 Å². The number of hydrogen-bond acceptors (Lipinski definition) is 3. The molecular weight excluding hydrogens is 132 g/mol. The number of aliphatic hydroxyl groups excluding tert-OH is 1. The van der Waals surface area contributed by atoms with Crippen molar-refractivity contribution in [3.8, 4) is 0 Å². The fourth-order valence-corrected chi connectivity index (χ4v) is 0.459. The molecule has 0 heterocycles. The molecule has 0 rings (SSSR count). The summed E-state index contributed by atoms with van der Waals surface area (Å²) in [7, 11) is 1.48. The van der Waals surface area contributed by atoms with Crippen LogP contribution in [0.15, 0.2) is 0 Å². The third-order valence-corrected chi connectivity index (χ3v) is 1.58. The summed E-state index contributed by atoms with van der Waals surface area (Å²) in [5, 5.41) is 11.4. The van der Waals surface area contributed by atoms with Crippen molar-refractivity contribution in [1.82, 2.24) is 5.32 Å². The second-order valence-electron chi connectivity index (χ2n) is 2.54. The molecule has 0 saturated carbocycles. The van der Waals surface area contributed by atoms with E-state index in [1.165, 1.54) is 20.9 Å². The van der Waals surface area contributed by atoms with Gasteiger partial charge in [0.25, 0.3) is 0 Å². The van der Waals surface area contributed by atoms with Crippen LogP contribution >= 0.6 is 0 Å². The lowest BCUT2D eigenvalue weighted by molar-refractivity contribution is -0.128. The molecular formula is C6H14N2O2. The smallest absolute Gasteiger partial charge is 0.242 e. The first-order valence-electron chi connectivity index (χ1n) is 3.12. The lowest BCUT2D eigenvalue weighted by Gasteiger charge is -2.25. The van der Waals surface area contributed by atoms with Crippen molar-refractivity contribution in [2.45, 2.75) is 25.5 Å². The Balaban J connectivity index is 4.24. The number of carbonyl (C=O) groups is 1. The molecule has 1 amide bonds. The maximum Gasteiger partial charge on any atom is 0.242 e. The molecule has 0 aromatic heterocycles. The zero-order chi connectivity index (χ0) is 8.36. The van der Waals surface area contributed by atoms with Crippen molar-refractivity contribution in [3.63, 3.8) is 0 Å². The van der Waals surface area contributed by atoms with E-state index < -0.39 is 11.6 Å². The predicted octanol–water partition coefficient (Wildman–Crippen LogP) is -1.17. The molecule has 0 spiro atoms. The van der Waals surface area contributed by atoms with Crippen molar-refractivity contribution in [1.29, 1.82) is 0 Å². The number of aliphatic hydroxyl groups is 1. The summed E-state index contributed by atoms with van der Waals surface area (Å²) < 4.78 is 0. The summed E-state index contributed by atoms with van der Waals surface area (Å²) in [5.74, 6) is -0.359. The molecule has 4 nitrogen and oxygen atoms in total. The van der Waals surface area contributed by atoms with Gasteiger partial charge in [-0.2, -0.15) is 0 Å². The maximum absolute atomic E-state index is 10.9. The molecule has 4 N–H and O–H groups in total. The SMILES string of the molecule is CNC(=O)[C@](C)(N)[C@@H](C)O. The number of nitrogens with two attached hydrogens (primary N) is 1. The van der Waals surface area contributed by atoms with Crippen LogP contribution in [0.1, 0.15) is 13.8 Å². The van der Waals surface area contributed by atoms with E-state index in [9.17, 15) is 4.79 Å². The van der Waals surface area contributed by atoms with Crippen LogP contribution in [-0.2, 0) is 4.79 Å². The topological polar surface area (TPSA) is 75.4 Å². The van der Waals surface area contributed by atoms with Crippen LogP contribution in [0.4, 0.5) is 0 Å². The van der Waals surface area contributed by atoms with E-state index in [2.05, 4.69) is 5.32 Å². The third kappa shape index (κ3) is 1.68. The first kappa shape index (κ1) is 9.39. The minimum atomic E-state index is -1.19. The second kappa shape index (κ2) is 2.98. The van der Waals surface area contributed by atoms with Crippen molar-refractivity contribution < 1.29 is 9.90 Å². The lowest BCUT2D eigenvalue weighted by Crippen LogP contribution is -2.57. The summed E-state index contributed by atoms with van der Waals surface area (Å²) in [6, 6.07) is 0. The highest BCUT2D eigenvalue weighted by Crippen LogP contribution is 2.04. The van der Waals surface area contributed by atoms with E-state index in [0.29, 0.717) is 0 Å². The molecule has 4 heteroatoms. The molecule has 0 fully saturated rings. The highest BCUT2D eigenvalue weighted by Gasteiger charge is 2.32. The van der Waals surface area contributed by atoms with E-state index >= 15 is 0 Å². The molecule has 0 aliphatic heterocycles. The van der Waals surface area contributed by atoms with Crippen molar-refractivity contribution in [2.75, 3.05) is 7.05 Å². The summed E-state index contributed by atoms with van der Waals surface area (Å²) in [5.41, 5.74) is 4.27. The standard InChI is InChI=1S/C6H14N2O2/c1-4(9)6(2,7)5(10)8-3/h4,9H,7H2,1-3H3,(H,8,10)/t4-,6-/m1/s1. The van der Waals surface area contributed by atoms with Crippen LogP contribution in [0.5, 0.6) is 0 Å². The first-order chi connectivity index (χ1) is 4.42. The number of nitrogens with one attached hydrogen (secondary N) is 1. The normalized spacial score (nSPS) is 19.3. The summed E-state index contributed by atoms with van der Waals surface area (Å²) >= 11 is 0. The second-order valence-corrected chi connectivity index (χ2v) is 2.54. The Morgan fingerprint density at radius 3 is 2.30 bits per heavy atom. The van der Waals surface area contributed by atoms with E-state index in [4.69, 9.17) is 10.8 Å². The summed E-state index contributed by atoms with van der Waals surface area (Å²) in [6.07, 6.45) is -0.840. The van der Waals surface area contributed by atoms with E-state index in [0.717, 1.165) is 0 Å². The third-order valence-electron chi connectivity index (χ3n) is 1.58. The molecule has 0 radical (unpaired) electrons. The average molecular weight is 146 g/mol. The van der Waals surface area contributed by atoms with Gasteiger partial charge in [-0.15, -0.1) is 0 Å². The average Bonchev–Trinajstić information content (AvgIpc) is 1.86. The van der Waals surface area contributed by atoms with Gasteiger partial charge in [-0.05, 0) is 13.8 Å². The number of hydrogen-bond donors (Lipinski definition) is 3. The molecule has 0 bridgehead atoms. The lowest BCUT2D eigenvalue weighted by atomic mass is 9.96. The van der Waals surface area contributed by atoms with Crippen LogP contribution in [0.2, 0.25) is 0 Å². The fraction of sp³-hybridized carbons (Fsp3) is 0.833. The van der Waals surface area contributed by atoms with Gasteiger partial charge in [-0.1, -0.05) is 0 Å². The number of amides is 1. The monoisotopic (exact) mass is 146 g/mol. The van der Waals surface area contributed by atoms with Gasteiger partial charge >= 0.3 is 0 Å². The van der Waals surface area contributed by atoms with Crippen LogP contribution in [0.25, 0.3) is 0 Å². The molecule has 2 atom stereocenters. The molecule has 0 aliphatic carbocycles. The Morgan fingerprint density at radius 2 is 2.20 bits per heavy atom. The summed E-state index contributed by atoms with van der Waals surface area (Å²) in [4.78, 5) is 10.9. The Bertz CT molecular complexity index is 132. The Hall–Kier alpha value is -0.610. The van der Waals surface area contributed by atoms with Gasteiger partial charge in [0.1, 0.15) is 5.54 Å². The fourth-order valence-electron chi connectivity index (χ4n) is 0.459. The van der Waals surface area contributed by atoms with E-state index in [1.54, 1.807) is 0 Å². The molecule has 0 aliphatic rings. The molecule has 0 saturated heterocycles. The number of likely N-dealkylation sites (N-methyl/N-ethyl adjacent to an activating group) is 1. The minimum Gasteiger partial charge on any atom is -0.391 e. The Kier molecular flexibility index (Phi) is 2.80. The molecule has 0 aromatic rings. The number of rotatable bonds is 2. The zero-order valence-corrected chi connectivity index (χ0v) is 6.51. The van der Waals surface area contributed by atoms with Crippen molar-refractivity contribution >= 4 is 5.91 Å². The summed E-state index contributed by atoms with van der Waals surface area (Å²) in [6.45, 7) is 2.96. The van der Waals surface area contributed by atoms with Gasteiger partial charge in [-0.3, -0.25) is 4.79 Å². The molecule has 0 aromatic carbocycles. The zero-order valence-electron chi connectivity index (χ0n) is 6.51. The highest BCUT2D eigenvalue weighted by molar-refractivity contribution is 5.85. The largest absolute Gasteiger partial charge is 0.391 e. The van der Waals surface area contributed by atoms with E-state index in [-0.39, 0.29) is 5.91 Å². The first-order valence-corrected chi connectivity index (χ1v) is 3.12. The van der Waals surface area contributed by atoms with Gasteiger partial charge in [-0.25, -0.2) is 0 Å². The number of carbonyl (C=O) groups excluding carboxylic acids is 1. The molecule has 10 heavy (non-hydrogen) atoms. The van der Waals surface area contributed by atoms with Gasteiger partial charge in [0, 0.05) is 7.05 Å². The van der Waals surface area contributed by atoms with Crippen LogP contribution in [0.3, 0.4) is 0 Å². The highest BCUT2D eigenvalue weighted by atomic mass is 16.3. The van der Waals surface area contributed by atoms with Crippen LogP contribution in [-0.4, -0.2) is 29.7 Å². The molecule has 60 valence electrons. The predicted molar refractivity (Wildman–Crippen MR) is 38.3 cm³/mol.